The molecule has 1 fully saturated rings. The van der Waals surface area contributed by atoms with Gasteiger partial charge in [0.1, 0.15) is 0 Å². The minimum absolute atomic E-state index is 0.0328. The molecule has 1 unspecified atom stereocenters. The Balaban J connectivity index is 1.42. The molecule has 0 radical (unpaired) electrons. The minimum Gasteiger partial charge on any atom is -0.459 e. The van der Waals surface area contributed by atoms with Gasteiger partial charge in [-0.3, -0.25) is 19.6 Å². The van der Waals surface area contributed by atoms with Crippen LogP contribution in [0.4, 0.5) is 0 Å². The number of nitrogens with zero attached hydrogens (tertiary/aromatic N) is 3. The second-order valence-corrected chi connectivity index (χ2v) is 7.03. The largest absolute Gasteiger partial charge is 0.459 e. The lowest BCUT2D eigenvalue weighted by atomic mass is 9.94. The topological polar surface area (TPSA) is 88.3 Å². The Kier molecular flexibility index (Phi) is 5.65. The number of carbonyl (C=O) groups excluding carboxylic acids is 2. The Bertz CT molecular complexity index is 897. The van der Waals surface area contributed by atoms with E-state index in [4.69, 9.17) is 4.42 Å². The van der Waals surface area contributed by atoms with E-state index in [2.05, 4.69) is 15.3 Å². The number of aromatic nitrogens is 2. The number of nitrogens with one attached hydrogen (secondary N) is 1. The summed E-state index contributed by atoms with van der Waals surface area (Å²) >= 11 is 0. The van der Waals surface area contributed by atoms with Gasteiger partial charge >= 0.3 is 0 Å². The van der Waals surface area contributed by atoms with Gasteiger partial charge in [-0.1, -0.05) is 30.3 Å². The van der Waals surface area contributed by atoms with E-state index in [1.54, 1.807) is 35.6 Å². The molecule has 1 aliphatic heterocycles. The summed E-state index contributed by atoms with van der Waals surface area (Å²) in [6, 6.07) is 12.7. The van der Waals surface area contributed by atoms with Crippen molar-refractivity contribution in [2.24, 2.45) is 5.92 Å². The maximum atomic E-state index is 13.0. The van der Waals surface area contributed by atoms with Gasteiger partial charge in [0, 0.05) is 31.4 Å². The van der Waals surface area contributed by atoms with Crippen LogP contribution in [0.1, 0.15) is 40.7 Å². The number of furan rings is 1. The van der Waals surface area contributed by atoms with Crippen LogP contribution in [-0.2, 0) is 4.79 Å². The summed E-state index contributed by atoms with van der Waals surface area (Å²) in [5.41, 5.74) is 1.64. The molecule has 0 bridgehead atoms. The third kappa shape index (κ3) is 4.34. The molecule has 0 spiro atoms. The summed E-state index contributed by atoms with van der Waals surface area (Å²) in [7, 11) is 0. The molecule has 4 rings (SSSR count). The standard InChI is InChI=1S/C22H22N4O3/c27-21(17-8-12-26(13-9-17)22(28)19-7-4-14-29-19)25-20(16-5-2-1-3-6-16)18-15-23-10-11-24-18/h1-7,10-11,14-15,17,20H,8-9,12-13H2,(H,25,27). The molecule has 3 heterocycles. The van der Waals surface area contributed by atoms with Crippen molar-refractivity contribution in [2.45, 2.75) is 18.9 Å². The lowest BCUT2D eigenvalue weighted by molar-refractivity contribution is -0.126. The van der Waals surface area contributed by atoms with E-state index in [-0.39, 0.29) is 23.8 Å². The van der Waals surface area contributed by atoms with Crippen LogP contribution in [-0.4, -0.2) is 39.8 Å². The van der Waals surface area contributed by atoms with Gasteiger partial charge in [-0.2, -0.15) is 0 Å². The van der Waals surface area contributed by atoms with E-state index in [1.807, 2.05) is 30.3 Å². The van der Waals surface area contributed by atoms with E-state index in [0.29, 0.717) is 37.4 Å². The molecule has 1 saturated heterocycles. The SMILES string of the molecule is O=C(NC(c1ccccc1)c1cnccn1)C1CCN(C(=O)c2ccco2)CC1. The zero-order valence-corrected chi connectivity index (χ0v) is 15.9. The first kappa shape index (κ1) is 18.9. The number of hydrogen-bond donors (Lipinski definition) is 1. The average molecular weight is 390 g/mol. The van der Waals surface area contributed by atoms with Crippen molar-refractivity contribution >= 4 is 11.8 Å². The highest BCUT2D eigenvalue weighted by atomic mass is 16.3. The van der Waals surface area contributed by atoms with Crippen LogP contribution in [0.5, 0.6) is 0 Å². The summed E-state index contributed by atoms with van der Waals surface area (Å²) in [4.78, 5) is 35.6. The number of likely N-dealkylation sites (tertiary alicyclic amines) is 1. The average Bonchev–Trinajstić information content (AvgIpc) is 3.33. The van der Waals surface area contributed by atoms with E-state index >= 15 is 0 Å². The molecule has 3 aromatic rings. The van der Waals surface area contributed by atoms with Crippen molar-refractivity contribution in [1.82, 2.24) is 20.2 Å². The molecule has 1 atom stereocenters. The van der Waals surface area contributed by atoms with Gasteiger partial charge in [-0.25, -0.2) is 0 Å². The monoisotopic (exact) mass is 390 g/mol. The van der Waals surface area contributed by atoms with Crippen molar-refractivity contribution in [1.29, 1.82) is 0 Å². The van der Waals surface area contributed by atoms with Crippen molar-refractivity contribution in [3.8, 4) is 0 Å². The lowest BCUT2D eigenvalue weighted by Crippen LogP contribution is -2.43. The van der Waals surface area contributed by atoms with Crippen LogP contribution in [0.2, 0.25) is 0 Å². The quantitative estimate of drug-likeness (QED) is 0.724. The van der Waals surface area contributed by atoms with E-state index in [0.717, 1.165) is 5.56 Å². The maximum Gasteiger partial charge on any atom is 0.289 e. The fourth-order valence-electron chi connectivity index (χ4n) is 3.59. The Morgan fingerprint density at radius 2 is 1.86 bits per heavy atom. The number of carbonyl (C=O) groups is 2. The summed E-state index contributed by atoms with van der Waals surface area (Å²) in [5, 5.41) is 3.13. The first-order chi connectivity index (χ1) is 14.2. The van der Waals surface area contributed by atoms with E-state index in [9.17, 15) is 9.59 Å². The number of benzene rings is 1. The zero-order valence-electron chi connectivity index (χ0n) is 15.9. The molecule has 1 aliphatic rings. The molecular weight excluding hydrogens is 368 g/mol. The highest BCUT2D eigenvalue weighted by Crippen LogP contribution is 2.24. The van der Waals surface area contributed by atoms with Gasteiger partial charge in [-0.05, 0) is 30.5 Å². The molecule has 7 nitrogen and oxygen atoms in total. The van der Waals surface area contributed by atoms with Gasteiger partial charge < -0.3 is 14.6 Å². The minimum atomic E-state index is -0.361. The normalized spacial score (nSPS) is 15.7. The number of rotatable bonds is 5. The predicted octanol–water partition coefficient (Wildman–Crippen LogP) is 2.83. The van der Waals surface area contributed by atoms with Crippen LogP contribution in [0.15, 0.2) is 71.7 Å². The Morgan fingerprint density at radius 1 is 1.07 bits per heavy atom. The van der Waals surface area contributed by atoms with Gasteiger partial charge in [0.15, 0.2) is 5.76 Å². The third-order valence-electron chi connectivity index (χ3n) is 5.18. The van der Waals surface area contributed by atoms with Crippen molar-refractivity contribution in [3.63, 3.8) is 0 Å². The molecule has 2 aromatic heterocycles. The smallest absolute Gasteiger partial charge is 0.289 e. The molecule has 0 saturated carbocycles. The molecule has 29 heavy (non-hydrogen) atoms. The molecule has 1 aromatic carbocycles. The summed E-state index contributed by atoms with van der Waals surface area (Å²) in [6.07, 6.45) is 7.61. The number of amides is 2. The predicted molar refractivity (Wildman–Crippen MR) is 106 cm³/mol. The zero-order chi connectivity index (χ0) is 20.1. The summed E-state index contributed by atoms with van der Waals surface area (Å²) in [5.74, 6) is 0.0170. The van der Waals surface area contributed by atoms with Gasteiger partial charge in [0.2, 0.25) is 5.91 Å². The Labute approximate surface area is 168 Å². The molecule has 0 aliphatic carbocycles. The molecule has 2 amide bonds. The van der Waals surface area contributed by atoms with Crippen LogP contribution in [0.3, 0.4) is 0 Å². The van der Waals surface area contributed by atoms with Crippen LogP contribution in [0.25, 0.3) is 0 Å². The van der Waals surface area contributed by atoms with Gasteiger partial charge in [-0.15, -0.1) is 0 Å². The number of hydrogen-bond acceptors (Lipinski definition) is 5. The van der Waals surface area contributed by atoms with Crippen molar-refractivity contribution in [2.75, 3.05) is 13.1 Å². The first-order valence-corrected chi connectivity index (χ1v) is 9.66. The Hall–Kier alpha value is -3.48. The van der Waals surface area contributed by atoms with Gasteiger partial charge in [0.25, 0.3) is 5.91 Å². The maximum absolute atomic E-state index is 13.0. The second-order valence-electron chi connectivity index (χ2n) is 7.03. The van der Waals surface area contributed by atoms with Gasteiger partial charge in [0.05, 0.1) is 24.2 Å². The second kappa shape index (κ2) is 8.68. The fourth-order valence-corrected chi connectivity index (χ4v) is 3.59. The van der Waals surface area contributed by atoms with Crippen LogP contribution >= 0.6 is 0 Å². The van der Waals surface area contributed by atoms with Crippen LogP contribution in [0, 0.1) is 5.92 Å². The van der Waals surface area contributed by atoms with E-state index in [1.165, 1.54) is 6.26 Å². The number of piperidine rings is 1. The molecular formula is C22H22N4O3. The molecule has 1 N–H and O–H groups in total. The van der Waals surface area contributed by atoms with Crippen molar-refractivity contribution in [3.05, 3.63) is 84.3 Å². The van der Waals surface area contributed by atoms with Crippen LogP contribution < -0.4 is 5.32 Å². The lowest BCUT2D eigenvalue weighted by Gasteiger charge is -2.31. The summed E-state index contributed by atoms with van der Waals surface area (Å²) in [6.45, 7) is 1.05. The first-order valence-electron chi connectivity index (χ1n) is 9.66. The molecule has 7 heteroatoms. The third-order valence-corrected chi connectivity index (χ3v) is 5.18. The highest BCUT2D eigenvalue weighted by molar-refractivity contribution is 5.91. The Morgan fingerprint density at radius 3 is 2.52 bits per heavy atom. The fraction of sp³-hybridized carbons (Fsp3) is 0.273. The summed E-state index contributed by atoms with van der Waals surface area (Å²) < 4.78 is 5.19. The van der Waals surface area contributed by atoms with E-state index < -0.39 is 0 Å². The highest BCUT2D eigenvalue weighted by Gasteiger charge is 2.30. The molecule has 148 valence electrons. The van der Waals surface area contributed by atoms with Crippen molar-refractivity contribution < 1.29 is 14.0 Å².